The fraction of sp³-hybridized carbons (Fsp3) is 0.500. The van der Waals surface area contributed by atoms with E-state index in [4.69, 9.17) is 21.7 Å². The number of aromatic nitrogens is 4. The molecule has 0 saturated carbocycles. The van der Waals surface area contributed by atoms with E-state index in [9.17, 15) is 9.18 Å². The molecule has 1 amide bonds. The maximum atomic E-state index is 13.6. The molecule has 0 bridgehead atoms. The molecule has 0 aromatic carbocycles. The summed E-state index contributed by atoms with van der Waals surface area (Å²) in [6.07, 6.45) is 5.79. The second-order valence-corrected chi connectivity index (χ2v) is 6.06. The number of halogens is 1. The molecule has 2 heterocycles. The highest BCUT2D eigenvalue weighted by Gasteiger charge is 2.30. The summed E-state index contributed by atoms with van der Waals surface area (Å²) in [5.74, 6) is 7.91. The zero-order valence-corrected chi connectivity index (χ0v) is 15.3. The highest BCUT2D eigenvalue weighted by molar-refractivity contribution is 5.82. The summed E-state index contributed by atoms with van der Waals surface area (Å²) in [4.78, 5) is 23.1. The molecule has 2 aromatic rings. The van der Waals surface area contributed by atoms with Crippen LogP contribution >= 0.6 is 0 Å². The van der Waals surface area contributed by atoms with Crippen molar-refractivity contribution in [2.24, 2.45) is 5.84 Å². The Morgan fingerprint density at radius 2 is 2.26 bits per heavy atom. The number of nitrogens with one attached hydrogen (secondary N) is 2. The molecule has 146 valence electrons. The number of nitrogens with zero attached hydrogens (tertiary/aromatic N) is 4. The summed E-state index contributed by atoms with van der Waals surface area (Å²) in [5, 5.41) is 2.60. The largest absolute Gasteiger partial charge is 0.445 e. The van der Waals surface area contributed by atoms with Gasteiger partial charge in [-0.25, -0.2) is 15.6 Å². The molecule has 4 N–H and O–H groups in total. The predicted octanol–water partition coefficient (Wildman–Crippen LogP) is 0.794. The number of terminal acetylenes is 1. The highest BCUT2D eigenvalue weighted by Crippen LogP contribution is 2.21. The van der Waals surface area contributed by atoms with Gasteiger partial charge in [0.15, 0.2) is 22.6 Å². The van der Waals surface area contributed by atoms with Crippen molar-refractivity contribution in [3.05, 3.63) is 12.4 Å². The Labute approximate surface area is 155 Å². The average molecular weight is 379 g/mol. The minimum absolute atomic E-state index is 0.0693. The van der Waals surface area contributed by atoms with E-state index in [1.165, 1.54) is 13.4 Å². The number of nitrogens with two attached hydrogens (primary N) is 1. The number of aryl methyl sites for hydroxylation is 1. The van der Waals surface area contributed by atoms with Gasteiger partial charge in [0.1, 0.15) is 6.61 Å². The van der Waals surface area contributed by atoms with E-state index in [2.05, 4.69) is 31.6 Å². The van der Waals surface area contributed by atoms with Crippen LogP contribution in [0, 0.1) is 18.4 Å². The first kappa shape index (κ1) is 20.3. The summed E-state index contributed by atoms with van der Waals surface area (Å²) < 4.78 is 25.7. The first-order chi connectivity index (χ1) is 12.8. The standard InChI is InChI=1S/C16H22FN7O3/c1-5-16(26-4,8-27-15(25)20-10(2)3)6-7-24-9-19-11-12(23-18)21-14(17)22-13(11)24/h1,9-10H,6-8,18H2,2-4H3,(H,20,25)(H,21,22,23)/t16-/m0/s1. The molecule has 0 spiro atoms. The Kier molecular flexibility index (Phi) is 6.49. The van der Waals surface area contributed by atoms with Crippen molar-refractivity contribution in [1.82, 2.24) is 24.8 Å². The minimum atomic E-state index is -1.16. The smallest absolute Gasteiger partial charge is 0.407 e. The van der Waals surface area contributed by atoms with Gasteiger partial charge < -0.3 is 24.8 Å². The molecule has 27 heavy (non-hydrogen) atoms. The van der Waals surface area contributed by atoms with Gasteiger partial charge in [-0.15, -0.1) is 6.42 Å². The SMILES string of the molecule is C#C[C@](CCn1cnc2c(NN)nc(F)nc21)(COC(=O)NC(C)C)OC. The summed E-state index contributed by atoms with van der Waals surface area (Å²) in [6.45, 7) is 3.75. The zero-order valence-electron chi connectivity index (χ0n) is 15.3. The van der Waals surface area contributed by atoms with E-state index in [0.29, 0.717) is 5.52 Å². The highest BCUT2D eigenvalue weighted by atomic mass is 19.1. The number of amides is 1. The lowest BCUT2D eigenvalue weighted by molar-refractivity contribution is -0.0215. The van der Waals surface area contributed by atoms with Crippen molar-refractivity contribution < 1.29 is 18.7 Å². The molecule has 0 fully saturated rings. The summed E-state index contributed by atoms with van der Waals surface area (Å²) >= 11 is 0. The van der Waals surface area contributed by atoms with Crippen LogP contribution in [-0.2, 0) is 16.0 Å². The van der Waals surface area contributed by atoms with E-state index >= 15 is 0 Å². The third kappa shape index (κ3) is 4.81. The molecule has 0 aliphatic carbocycles. The fourth-order valence-corrected chi connectivity index (χ4v) is 2.35. The van der Waals surface area contributed by atoms with Crippen LogP contribution in [0.25, 0.3) is 11.2 Å². The maximum absolute atomic E-state index is 13.6. The number of methoxy groups -OCH3 is 1. The van der Waals surface area contributed by atoms with Gasteiger partial charge in [-0.2, -0.15) is 14.4 Å². The quantitative estimate of drug-likeness (QED) is 0.266. The van der Waals surface area contributed by atoms with Crippen molar-refractivity contribution >= 4 is 23.1 Å². The molecule has 10 nitrogen and oxygen atoms in total. The molecular weight excluding hydrogens is 357 g/mol. The molecular formula is C16H22FN7O3. The molecule has 0 saturated heterocycles. The molecule has 2 rings (SSSR count). The molecule has 0 aliphatic rings. The topological polar surface area (TPSA) is 129 Å². The zero-order chi connectivity index (χ0) is 20.0. The average Bonchev–Trinajstić information content (AvgIpc) is 3.04. The van der Waals surface area contributed by atoms with Crippen molar-refractivity contribution in [3.8, 4) is 12.3 Å². The van der Waals surface area contributed by atoms with E-state index < -0.39 is 17.8 Å². The first-order valence-electron chi connectivity index (χ1n) is 8.15. The Morgan fingerprint density at radius 3 is 2.85 bits per heavy atom. The van der Waals surface area contributed by atoms with Gasteiger partial charge in [-0.1, -0.05) is 5.92 Å². The van der Waals surface area contributed by atoms with Crippen LogP contribution in [0.3, 0.4) is 0 Å². The molecule has 0 unspecified atom stereocenters. The molecule has 0 radical (unpaired) electrons. The monoisotopic (exact) mass is 379 g/mol. The Hall–Kier alpha value is -2.97. The van der Waals surface area contributed by atoms with Gasteiger partial charge in [0.05, 0.1) is 6.33 Å². The van der Waals surface area contributed by atoms with Crippen LogP contribution in [0.4, 0.5) is 15.0 Å². The first-order valence-corrected chi connectivity index (χ1v) is 8.15. The third-order valence-corrected chi connectivity index (χ3v) is 3.83. The van der Waals surface area contributed by atoms with Crippen LogP contribution in [0.15, 0.2) is 6.33 Å². The molecule has 0 aliphatic heterocycles. The number of nitrogen functional groups attached to an aromatic ring is 1. The second kappa shape index (κ2) is 8.61. The summed E-state index contributed by atoms with van der Waals surface area (Å²) in [7, 11) is 1.42. The molecule has 11 heteroatoms. The van der Waals surface area contributed by atoms with Crippen LogP contribution < -0.4 is 16.6 Å². The number of ether oxygens (including phenoxy) is 2. The summed E-state index contributed by atoms with van der Waals surface area (Å²) in [5.41, 5.74) is 1.68. The molecule has 1 atom stereocenters. The maximum Gasteiger partial charge on any atom is 0.407 e. The van der Waals surface area contributed by atoms with Crippen molar-refractivity contribution in [1.29, 1.82) is 0 Å². The van der Waals surface area contributed by atoms with Crippen LogP contribution in [0.1, 0.15) is 20.3 Å². The van der Waals surface area contributed by atoms with Gasteiger partial charge in [0.25, 0.3) is 0 Å². The van der Waals surface area contributed by atoms with Crippen molar-refractivity contribution in [2.75, 3.05) is 19.1 Å². The van der Waals surface area contributed by atoms with Gasteiger partial charge in [-0.05, 0) is 13.8 Å². The lowest BCUT2D eigenvalue weighted by atomic mass is 10.0. The number of carbonyl (C=O) groups excluding carboxylic acids is 1. The van der Waals surface area contributed by atoms with Crippen LogP contribution in [0.5, 0.6) is 0 Å². The molecule has 2 aromatic heterocycles. The Bertz CT molecular complexity index is 848. The van der Waals surface area contributed by atoms with Gasteiger partial charge in [-0.3, -0.25) is 0 Å². The normalized spacial score (nSPS) is 13.2. The van der Waals surface area contributed by atoms with E-state index in [0.717, 1.165) is 0 Å². The van der Waals surface area contributed by atoms with Crippen LogP contribution in [-0.4, -0.2) is 51.0 Å². The van der Waals surface area contributed by atoms with Gasteiger partial charge in [0.2, 0.25) is 0 Å². The second-order valence-electron chi connectivity index (χ2n) is 6.06. The van der Waals surface area contributed by atoms with Gasteiger partial charge >= 0.3 is 12.2 Å². The van der Waals surface area contributed by atoms with Crippen LogP contribution in [0.2, 0.25) is 0 Å². The van der Waals surface area contributed by atoms with Gasteiger partial charge in [0, 0.05) is 26.1 Å². The lowest BCUT2D eigenvalue weighted by Gasteiger charge is -2.26. The predicted molar refractivity (Wildman–Crippen MR) is 95.9 cm³/mol. The Morgan fingerprint density at radius 1 is 1.52 bits per heavy atom. The number of alkyl carbamates (subject to hydrolysis) is 1. The number of carbonyl (C=O) groups is 1. The van der Waals surface area contributed by atoms with Crippen molar-refractivity contribution in [2.45, 2.75) is 38.5 Å². The third-order valence-electron chi connectivity index (χ3n) is 3.83. The number of imidazole rings is 1. The lowest BCUT2D eigenvalue weighted by Crippen LogP contribution is -2.40. The number of anilines is 1. The number of rotatable bonds is 8. The van der Waals surface area contributed by atoms with E-state index in [-0.39, 0.29) is 37.1 Å². The number of fused-ring (bicyclic) bond motifs is 1. The fourth-order valence-electron chi connectivity index (χ4n) is 2.35. The number of hydrogen-bond acceptors (Lipinski definition) is 8. The van der Waals surface area contributed by atoms with Crippen molar-refractivity contribution in [3.63, 3.8) is 0 Å². The van der Waals surface area contributed by atoms with E-state index in [1.807, 2.05) is 13.8 Å². The number of hydrogen-bond donors (Lipinski definition) is 3. The van der Waals surface area contributed by atoms with E-state index in [1.54, 1.807) is 4.57 Å². The minimum Gasteiger partial charge on any atom is -0.445 e. The number of hydrazine groups is 1. The summed E-state index contributed by atoms with van der Waals surface area (Å²) in [6, 6.07) is -0.0717. The Balaban J connectivity index is 2.14.